The fourth-order valence-electron chi connectivity index (χ4n) is 4.15. The van der Waals surface area contributed by atoms with Crippen molar-refractivity contribution in [1.29, 1.82) is 0 Å². The van der Waals surface area contributed by atoms with Crippen LogP contribution >= 0.6 is 0 Å². The fourth-order valence-corrected chi connectivity index (χ4v) is 4.15. The van der Waals surface area contributed by atoms with Gasteiger partial charge in [-0.3, -0.25) is 10.1 Å². The molecule has 0 saturated heterocycles. The van der Waals surface area contributed by atoms with Crippen molar-refractivity contribution in [2.45, 2.75) is 13.0 Å². The number of fused-ring (bicyclic) bond motifs is 1. The molecule has 0 N–H and O–H groups in total. The van der Waals surface area contributed by atoms with Gasteiger partial charge in [-0.05, 0) is 47.3 Å². The Balaban J connectivity index is 0.00000361. The number of hydrogen-bond acceptors (Lipinski definition) is 6. The summed E-state index contributed by atoms with van der Waals surface area (Å²) in [5.41, 5.74) is 3.12. The summed E-state index contributed by atoms with van der Waals surface area (Å²) in [4.78, 5) is 10.7. The van der Waals surface area contributed by atoms with Crippen LogP contribution in [-0.4, -0.2) is 33.4 Å². The van der Waals surface area contributed by atoms with Gasteiger partial charge in [0.05, 0.1) is 45.2 Å². The molecule has 4 aromatic rings. The number of rotatable bonds is 9. The summed E-state index contributed by atoms with van der Waals surface area (Å²) in [5, 5.41) is 13.1. The second kappa shape index (κ2) is 11.7. The predicted molar refractivity (Wildman–Crippen MR) is 132 cm³/mol. The third kappa shape index (κ3) is 5.52. The molecular formula is C27H27BrN2O6. The average molecular weight is 555 g/mol. The van der Waals surface area contributed by atoms with Gasteiger partial charge in [0.15, 0.2) is 41.4 Å². The van der Waals surface area contributed by atoms with Crippen LogP contribution in [0.3, 0.4) is 0 Å². The first-order valence-electron chi connectivity index (χ1n) is 11.0. The van der Waals surface area contributed by atoms with Gasteiger partial charge in [0, 0.05) is 23.8 Å². The fraction of sp³-hybridized carbons (Fsp3) is 0.222. The molecule has 0 atom stereocenters. The first-order valence-corrected chi connectivity index (χ1v) is 11.0. The third-order valence-corrected chi connectivity index (χ3v) is 5.97. The Hall–Kier alpha value is -3.85. The average Bonchev–Trinajstić information content (AvgIpc) is 2.89. The first-order chi connectivity index (χ1) is 17.0. The quantitative estimate of drug-likeness (QED) is 0.178. The molecule has 36 heavy (non-hydrogen) atoms. The van der Waals surface area contributed by atoms with Gasteiger partial charge >= 0.3 is 0 Å². The van der Waals surface area contributed by atoms with E-state index < -0.39 is 4.92 Å². The van der Waals surface area contributed by atoms with Crippen molar-refractivity contribution in [1.82, 2.24) is 0 Å². The molecule has 9 heteroatoms. The molecule has 0 aliphatic rings. The van der Waals surface area contributed by atoms with Crippen LogP contribution in [0.15, 0.2) is 66.9 Å². The van der Waals surface area contributed by atoms with Crippen molar-refractivity contribution in [2.24, 2.45) is 0 Å². The van der Waals surface area contributed by atoms with E-state index in [1.807, 2.05) is 42.6 Å². The number of nitro groups is 1. The lowest BCUT2D eigenvalue weighted by molar-refractivity contribution is -0.693. The summed E-state index contributed by atoms with van der Waals surface area (Å²) in [6, 6.07) is 18.5. The number of hydrogen-bond donors (Lipinski definition) is 0. The van der Waals surface area contributed by atoms with Crippen LogP contribution < -0.4 is 40.5 Å². The lowest BCUT2D eigenvalue weighted by Gasteiger charge is -2.13. The number of nitrogens with zero attached hydrogens (tertiary/aromatic N) is 2. The minimum absolute atomic E-state index is 0. The SMILES string of the molecule is COc1ccc(Cc2c3cc(OC)c(OC)cc3cc[n+]2Cc2ccc([N+](=O)[O-])cc2)cc1OC.[Br-]. The summed E-state index contributed by atoms with van der Waals surface area (Å²) < 4.78 is 24.1. The molecule has 0 aliphatic heterocycles. The van der Waals surface area contributed by atoms with Gasteiger partial charge in [0.25, 0.3) is 5.69 Å². The van der Waals surface area contributed by atoms with Crippen molar-refractivity contribution in [3.63, 3.8) is 0 Å². The van der Waals surface area contributed by atoms with Gasteiger partial charge in [-0.15, -0.1) is 0 Å². The Kier molecular flexibility index (Phi) is 8.71. The molecule has 1 heterocycles. The molecule has 0 amide bonds. The first kappa shape index (κ1) is 26.7. The van der Waals surface area contributed by atoms with Gasteiger partial charge in [-0.25, -0.2) is 0 Å². The van der Waals surface area contributed by atoms with Crippen molar-refractivity contribution in [3.05, 3.63) is 93.8 Å². The Morgan fingerprint density at radius 3 is 1.94 bits per heavy atom. The van der Waals surface area contributed by atoms with E-state index in [9.17, 15) is 10.1 Å². The van der Waals surface area contributed by atoms with Crippen LogP contribution in [0.25, 0.3) is 10.8 Å². The topological polar surface area (TPSA) is 83.9 Å². The molecule has 0 unspecified atom stereocenters. The van der Waals surface area contributed by atoms with Crippen LogP contribution in [-0.2, 0) is 13.0 Å². The van der Waals surface area contributed by atoms with E-state index in [0.29, 0.717) is 36.0 Å². The van der Waals surface area contributed by atoms with Crippen LogP contribution in [0, 0.1) is 10.1 Å². The Morgan fingerprint density at radius 1 is 0.750 bits per heavy atom. The van der Waals surface area contributed by atoms with Crippen molar-refractivity contribution in [3.8, 4) is 23.0 Å². The van der Waals surface area contributed by atoms with Crippen LogP contribution in [0.2, 0.25) is 0 Å². The van der Waals surface area contributed by atoms with E-state index in [0.717, 1.165) is 27.6 Å². The summed E-state index contributed by atoms with van der Waals surface area (Å²) in [6.45, 7) is 0.547. The number of nitro benzene ring substituents is 1. The molecule has 0 radical (unpaired) electrons. The van der Waals surface area contributed by atoms with Crippen molar-refractivity contribution >= 4 is 16.5 Å². The molecule has 8 nitrogen and oxygen atoms in total. The van der Waals surface area contributed by atoms with Gasteiger partial charge in [-0.1, -0.05) is 6.07 Å². The standard InChI is InChI=1S/C27H27N2O6.BrH/c1-32-24-10-7-19(14-25(24)33-2)13-23-22-16-27(35-4)26(34-3)15-20(22)11-12-28(23)17-18-5-8-21(9-6-18)29(30)31;/h5-12,14-16H,13,17H2,1-4H3;1H/q+1;/p-1. The van der Waals surface area contributed by atoms with E-state index in [-0.39, 0.29) is 22.7 Å². The second-order valence-corrected chi connectivity index (χ2v) is 7.97. The number of non-ortho nitro benzene ring substituents is 1. The van der Waals surface area contributed by atoms with Crippen molar-refractivity contribution < 1.29 is 45.4 Å². The van der Waals surface area contributed by atoms with E-state index in [1.54, 1.807) is 40.6 Å². The molecule has 0 spiro atoms. The van der Waals surface area contributed by atoms with Gasteiger partial charge in [0.1, 0.15) is 0 Å². The third-order valence-electron chi connectivity index (χ3n) is 5.97. The largest absolute Gasteiger partial charge is 1.00 e. The number of benzene rings is 3. The van der Waals surface area contributed by atoms with Crippen molar-refractivity contribution in [2.75, 3.05) is 28.4 Å². The molecular weight excluding hydrogens is 528 g/mol. The van der Waals surface area contributed by atoms with Gasteiger partial charge in [0.2, 0.25) is 0 Å². The normalized spacial score (nSPS) is 10.4. The van der Waals surface area contributed by atoms with E-state index in [4.69, 9.17) is 18.9 Å². The highest BCUT2D eigenvalue weighted by molar-refractivity contribution is 5.87. The smallest absolute Gasteiger partial charge is 0.269 e. The second-order valence-electron chi connectivity index (χ2n) is 7.97. The molecule has 0 saturated carbocycles. The molecule has 188 valence electrons. The molecule has 1 aromatic heterocycles. The summed E-state index contributed by atoms with van der Waals surface area (Å²) in [5.74, 6) is 2.62. The van der Waals surface area contributed by atoms with E-state index in [2.05, 4.69) is 4.57 Å². The lowest BCUT2D eigenvalue weighted by atomic mass is 10.0. The zero-order valence-corrected chi connectivity index (χ0v) is 22.1. The summed E-state index contributed by atoms with van der Waals surface area (Å²) >= 11 is 0. The van der Waals surface area contributed by atoms with Gasteiger partial charge in [-0.2, -0.15) is 4.57 Å². The van der Waals surface area contributed by atoms with Crippen LogP contribution in [0.1, 0.15) is 16.8 Å². The molecule has 3 aromatic carbocycles. The highest BCUT2D eigenvalue weighted by Crippen LogP contribution is 2.34. The summed E-state index contributed by atoms with van der Waals surface area (Å²) in [7, 11) is 6.46. The Bertz CT molecular complexity index is 1380. The Labute approximate surface area is 219 Å². The molecule has 0 bridgehead atoms. The zero-order valence-electron chi connectivity index (χ0n) is 20.5. The minimum atomic E-state index is -0.394. The molecule has 0 aliphatic carbocycles. The maximum atomic E-state index is 11.0. The van der Waals surface area contributed by atoms with Crippen LogP contribution in [0.4, 0.5) is 5.69 Å². The van der Waals surface area contributed by atoms with Gasteiger partial charge < -0.3 is 35.9 Å². The van der Waals surface area contributed by atoms with E-state index in [1.165, 1.54) is 12.1 Å². The minimum Gasteiger partial charge on any atom is -1.00 e. The zero-order chi connectivity index (χ0) is 24.9. The number of ether oxygens (including phenoxy) is 4. The lowest BCUT2D eigenvalue weighted by Crippen LogP contribution is -3.00. The maximum Gasteiger partial charge on any atom is 0.269 e. The monoisotopic (exact) mass is 554 g/mol. The number of methoxy groups -OCH3 is 4. The highest BCUT2D eigenvalue weighted by Gasteiger charge is 2.20. The number of aromatic nitrogens is 1. The molecule has 4 rings (SSSR count). The number of pyridine rings is 1. The summed E-state index contributed by atoms with van der Waals surface area (Å²) in [6.07, 6.45) is 2.63. The molecule has 0 fully saturated rings. The highest BCUT2D eigenvalue weighted by atomic mass is 79.9. The maximum absolute atomic E-state index is 11.0. The number of halogens is 1. The predicted octanol–water partition coefficient (Wildman–Crippen LogP) is 1.71. The Morgan fingerprint density at radius 2 is 1.33 bits per heavy atom. The van der Waals surface area contributed by atoms with Crippen LogP contribution in [0.5, 0.6) is 23.0 Å². The van der Waals surface area contributed by atoms with E-state index >= 15 is 0 Å².